The summed E-state index contributed by atoms with van der Waals surface area (Å²) < 4.78 is 12.7. The first-order chi connectivity index (χ1) is 7.56. The maximum absolute atomic E-state index is 11.2. The molecular weight excluding hydrogens is 232 g/mol. The number of hydrogen-bond donors (Lipinski definition) is 1. The average molecular weight is 246 g/mol. The Balaban J connectivity index is 2.62. The van der Waals surface area contributed by atoms with E-state index >= 15 is 0 Å². The maximum atomic E-state index is 11.2. The number of nitrogens with zero attached hydrogens (tertiary/aromatic N) is 3. The SMILES string of the molecule is CCS(=O)CCNc1c([N+](=O)[O-])ncn1C. The number of anilines is 1. The van der Waals surface area contributed by atoms with Gasteiger partial charge in [0.05, 0.1) is 0 Å². The molecule has 0 saturated carbocycles. The summed E-state index contributed by atoms with van der Waals surface area (Å²) in [6.07, 6.45) is 1.37. The highest BCUT2D eigenvalue weighted by atomic mass is 32.2. The fourth-order valence-electron chi connectivity index (χ4n) is 1.18. The highest BCUT2D eigenvalue weighted by molar-refractivity contribution is 7.84. The summed E-state index contributed by atoms with van der Waals surface area (Å²) in [6, 6.07) is 0. The van der Waals surface area contributed by atoms with E-state index in [4.69, 9.17) is 0 Å². The van der Waals surface area contributed by atoms with Crippen LogP contribution in [-0.2, 0) is 17.8 Å². The lowest BCUT2D eigenvalue weighted by atomic mass is 10.6. The van der Waals surface area contributed by atoms with Gasteiger partial charge in [0.25, 0.3) is 0 Å². The quantitative estimate of drug-likeness (QED) is 0.583. The van der Waals surface area contributed by atoms with Crippen LogP contribution in [0.2, 0.25) is 0 Å². The van der Waals surface area contributed by atoms with Crippen molar-refractivity contribution in [3.8, 4) is 0 Å². The van der Waals surface area contributed by atoms with Gasteiger partial charge in [0.2, 0.25) is 12.1 Å². The summed E-state index contributed by atoms with van der Waals surface area (Å²) in [5, 5.41) is 13.5. The van der Waals surface area contributed by atoms with Crippen LogP contribution in [0, 0.1) is 10.1 Å². The minimum Gasteiger partial charge on any atom is -0.363 e. The van der Waals surface area contributed by atoms with Crippen molar-refractivity contribution in [2.24, 2.45) is 7.05 Å². The number of hydrogen-bond acceptors (Lipinski definition) is 5. The first-order valence-corrected chi connectivity index (χ1v) is 6.29. The van der Waals surface area contributed by atoms with Gasteiger partial charge in [-0.15, -0.1) is 0 Å². The zero-order valence-electron chi connectivity index (χ0n) is 9.17. The molecule has 0 fully saturated rings. The molecule has 7 nitrogen and oxygen atoms in total. The minimum absolute atomic E-state index is 0.204. The van der Waals surface area contributed by atoms with Gasteiger partial charge in [0.1, 0.15) is 0 Å². The molecule has 1 unspecified atom stereocenters. The lowest BCUT2D eigenvalue weighted by Crippen LogP contribution is -2.14. The maximum Gasteiger partial charge on any atom is 0.406 e. The first kappa shape index (κ1) is 12.6. The van der Waals surface area contributed by atoms with E-state index in [0.717, 1.165) is 0 Å². The highest BCUT2D eigenvalue weighted by Gasteiger charge is 2.19. The molecule has 1 rings (SSSR count). The Morgan fingerprint density at radius 3 is 2.94 bits per heavy atom. The zero-order chi connectivity index (χ0) is 12.1. The summed E-state index contributed by atoms with van der Waals surface area (Å²) in [5.41, 5.74) is 0. The Hall–Kier alpha value is -1.44. The molecule has 0 spiro atoms. The van der Waals surface area contributed by atoms with Crippen molar-refractivity contribution < 1.29 is 9.13 Å². The molecule has 0 saturated heterocycles. The van der Waals surface area contributed by atoms with Crippen LogP contribution in [0.3, 0.4) is 0 Å². The van der Waals surface area contributed by atoms with Gasteiger partial charge >= 0.3 is 5.82 Å². The van der Waals surface area contributed by atoms with Gasteiger partial charge in [-0.05, 0) is 9.91 Å². The van der Waals surface area contributed by atoms with Gasteiger partial charge in [-0.3, -0.25) is 8.78 Å². The zero-order valence-corrected chi connectivity index (χ0v) is 9.99. The minimum atomic E-state index is -0.874. The summed E-state index contributed by atoms with van der Waals surface area (Å²) in [4.78, 5) is 13.7. The smallest absolute Gasteiger partial charge is 0.363 e. The Bertz CT molecular complexity index is 404. The van der Waals surface area contributed by atoms with Crippen LogP contribution in [0.5, 0.6) is 0 Å². The van der Waals surface area contributed by atoms with Crippen LogP contribution in [0.4, 0.5) is 11.6 Å². The topological polar surface area (TPSA) is 90.1 Å². The van der Waals surface area contributed by atoms with Crippen molar-refractivity contribution in [2.75, 3.05) is 23.4 Å². The third-order valence-electron chi connectivity index (χ3n) is 2.03. The Morgan fingerprint density at radius 1 is 1.69 bits per heavy atom. The second-order valence-electron chi connectivity index (χ2n) is 3.14. The Labute approximate surface area is 95.5 Å². The molecule has 1 heterocycles. The molecule has 0 aliphatic carbocycles. The van der Waals surface area contributed by atoms with E-state index in [1.807, 2.05) is 6.92 Å². The standard InChI is InChI=1S/C8H14N4O3S/c1-3-16(15)5-4-9-7-8(12(13)14)10-6-11(7)2/h6,9H,3-5H2,1-2H3. The molecular formula is C8H14N4O3S. The number of nitro groups is 1. The van der Waals surface area contributed by atoms with E-state index in [1.54, 1.807) is 7.05 Å². The lowest BCUT2D eigenvalue weighted by molar-refractivity contribution is -0.388. The number of aromatic nitrogens is 2. The van der Waals surface area contributed by atoms with Gasteiger partial charge in [-0.1, -0.05) is 6.92 Å². The van der Waals surface area contributed by atoms with E-state index < -0.39 is 15.7 Å². The first-order valence-electron chi connectivity index (χ1n) is 4.80. The molecule has 0 radical (unpaired) electrons. The lowest BCUT2D eigenvalue weighted by Gasteiger charge is -2.05. The summed E-state index contributed by atoms with van der Waals surface area (Å²) in [5.74, 6) is 1.21. The number of nitrogens with one attached hydrogen (secondary N) is 1. The monoisotopic (exact) mass is 246 g/mol. The van der Waals surface area contributed by atoms with E-state index in [9.17, 15) is 14.3 Å². The summed E-state index contributed by atoms with van der Waals surface area (Å²) >= 11 is 0. The van der Waals surface area contributed by atoms with Crippen molar-refractivity contribution >= 4 is 22.4 Å². The molecule has 0 amide bonds. The van der Waals surface area contributed by atoms with Crippen LogP contribution in [0.1, 0.15) is 6.92 Å². The van der Waals surface area contributed by atoms with E-state index in [0.29, 0.717) is 23.9 Å². The normalized spacial score (nSPS) is 12.4. The third kappa shape index (κ3) is 3.02. The van der Waals surface area contributed by atoms with Gasteiger partial charge in [-0.2, -0.15) is 0 Å². The van der Waals surface area contributed by atoms with Crippen LogP contribution < -0.4 is 5.32 Å². The largest absolute Gasteiger partial charge is 0.406 e. The molecule has 90 valence electrons. The van der Waals surface area contributed by atoms with Crippen molar-refractivity contribution in [3.05, 3.63) is 16.4 Å². The van der Waals surface area contributed by atoms with E-state index in [2.05, 4.69) is 10.3 Å². The fraction of sp³-hybridized carbons (Fsp3) is 0.625. The summed E-state index contributed by atoms with van der Waals surface area (Å²) in [6.45, 7) is 2.27. The predicted molar refractivity (Wildman–Crippen MR) is 61.9 cm³/mol. The third-order valence-corrected chi connectivity index (χ3v) is 3.34. The van der Waals surface area contributed by atoms with Gasteiger partial charge in [0, 0.05) is 35.9 Å². The van der Waals surface area contributed by atoms with Crippen molar-refractivity contribution in [1.82, 2.24) is 9.55 Å². The second kappa shape index (κ2) is 5.59. The number of imidazole rings is 1. The van der Waals surface area contributed by atoms with Crippen LogP contribution in [-0.4, -0.2) is 36.7 Å². The van der Waals surface area contributed by atoms with E-state index in [1.165, 1.54) is 10.9 Å². The van der Waals surface area contributed by atoms with Gasteiger partial charge < -0.3 is 15.4 Å². The average Bonchev–Trinajstić information content (AvgIpc) is 2.60. The number of aryl methyl sites for hydroxylation is 1. The molecule has 1 aromatic heterocycles. The Morgan fingerprint density at radius 2 is 2.38 bits per heavy atom. The van der Waals surface area contributed by atoms with Crippen LogP contribution in [0.25, 0.3) is 0 Å². The number of rotatable bonds is 6. The van der Waals surface area contributed by atoms with Crippen LogP contribution in [0.15, 0.2) is 6.33 Å². The van der Waals surface area contributed by atoms with Gasteiger partial charge in [0.15, 0.2) is 0 Å². The van der Waals surface area contributed by atoms with Crippen molar-refractivity contribution in [2.45, 2.75) is 6.92 Å². The molecule has 8 heteroatoms. The Kier molecular flexibility index (Phi) is 4.41. The van der Waals surface area contributed by atoms with Crippen LogP contribution >= 0.6 is 0 Å². The highest BCUT2D eigenvalue weighted by Crippen LogP contribution is 2.20. The fourth-order valence-corrected chi connectivity index (χ4v) is 1.80. The molecule has 1 N–H and O–H groups in total. The van der Waals surface area contributed by atoms with Crippen molar-refractivity contribution in [1.29, 1.82) is 0 Å². The second-order valence-corrected chi connectivity index (χ2v) is 5.01. The molecule has 0 aliphatic rings. The summed E-state index contributed by atoms with van der Waals surface area (Å²) in [7, 11) is 0.791. The molecule has 1 atom stereocenters. The molecule has 0 bridgehead atoms. The predicted octanol–water partition coefficient (Wildman–Crippen LogP) is 0.509. The molecule has 1 aromatic rings. The van der Waals surface area contributed by atoms with Crippen molar-refractivity contribution in [3.63, 3.8) is 0 Å². The molecule has 0 aromatic carbocycles. The molecule has 0 aliphatic heterocycles. The van der Waals surface area contributed by atoms with Gasteiger partial charge in [-0.25, -0.2) is 0 Å². The van der Waals surface area contributed by atoms with E-state index in [-0.39, 0.29) is 5.82 Å². The molecule has 16 heavy (non-hydrogen) atoms.